The van der Waals surface area contributed by atoms with Gasteiger partial charge in [-0.2, -0.15) is 0 Å². The molecule has 2 heterocycles. The number of fused-ring (bicyclic) bond motifs is 5. The number of carbonyl (C=O) groups excluding carboxylic acids is 3. The first-order chi connectivity index (χ1) is 19.3. The Morgan fingerprint density at radius 1 is 0.825 bits per heavy atom. The second-order valence-corrected chi connectivity index (χ2v) is 11.1. The fraction of sp³-hybridized carbons (Fsp3) is 0.121. The van der Waals surface area contributed by atoms with Gasteiger partial charge < -0.3 is 4.90 Å². The number of ketones is 3. The molecule has 0 bridgehead atoms. The van der Waals surface area contributed by atoms with E-state index in [0.29, 0.717) is 21.7 Å². The molecule has 1 aliphatic carbocycles. The molecule has 4 aromatic carbocycles. The van der Waals surface area contributed by atoms with Gasteiger partial charge in [0.1, 0.15) is 17.3 Å². The van der Waals surface area contributed by atoms with Crippen LogP contribution >= 0.6 is 23.2 Å². The summed E-state index contributed by atoms with van der Waals surface area (Å²) in [6, 6.07) is 22.7. The summed E-state index contributed by atoms with van der Waals surface area (Å²) >= 11 is 13.1. The van der Waals surface area contributed by atoms with Gasteiger partial charge in [0.25, 0.3) is 0 Å². The normalized spacial score (nSPS) is 21.9. The molecule has 0 amide bonds. The maximum absolute atomic E-state index is 14.6. The predicted octanol–water partition coefficient (Wildman–Crippen LogP) is 7.45. The first-order valence-corrected chi connectivity index (χ1v) is 13.6. The number of carbonyl (C=O) groups is 3. The van der Waals surface area contributed by atoms with Crippen molar-refractivity contribution >= 4 is 52.3 Å². The Morgan fingerprint density at radius 3 is 2.15 bits per heavy atom. The van der Waals surface area contributed by atoms with Crippen molar-refractivity contribution in [3.05, 3.63) is 141 Å². The first kappa shape index (κ1) is 24.9. The van der Waals surface area contributed by atoms with Crippen molar-refractivity contribution in [1.29, 1.82) is 0 Å². The minimum Gasteiger partial charge on any atom is -0.352 e. The van der Waals surface area contributed by atoms with E-state index in [9.17, 15) is 18.8 Å². The third-order valence-electron chi connectivity index (χ3n) is 8.41. The Kier molecular flexibility index (Phi) is 5.60. The standard InChI is InChI=1S/C33H20Cl2FNO3/c34-20-12-15-24(25(35)17-20)28-29(30(38)19-9-13-21(36)14-10-19)37-26-8-4-1-5-18(26)11-16-27(37)33(28)31(39)22-6-2-3-7-23(22)32(33)40/h1-17,27-29H/t27-,28+,29+/m1/s1. The van der Waals surface area contributed by atoms with Gasteiger partial charge in [0.15, 0.2) is 17.3 Å². The lowest BCUT2D eigenvalue weighted by Crippen LogP contribution is -2.48. The van der Waals surface area contributed by atoms with E-state index in [0.717, 1.165) is 11.3 Å². The molecule has 40 heavy (non-hydrogen) atoms. The number of anilines is 1. The smallest absolute Gasteiger partial charge is 0.185 e. The first-order valence-electron chi connectivity index (χ1n) is 12.8. The van der Waals surface area contributed by atoms with Gasteiger partial charge in [-0.3, -0.25) is 14.4 Å². The molecule has 0 radical (unpaired) electrons. The predicted molar refractivity (Wildman–Crippen MR) is 153 cm³/mol. The summed E-state index contributed by atoms with van der Waals surface area (Å²) in [6.07, 6.45) is 3.74. The van der Waals surface area contributed by atoms with E-state index in [2.05, 4.69) is 0 Å². The summed E-state index contributed by atoms with van der Waals surface area (Å²) in [5.74, 6) is -2.49. The average Bonchev–Trinajstić information content (AvgIpc) is 3.39. The molecule has 0 N–H and O–H groups in total. The highest BCUT2D eigenvalue weighted by atomic mass is 35.5. The largest absolute Gasteiger partial charge is 0.352 e. The van der Waals surface area contributed by atoms with Crippen LogP contribution in [0.5, 0.6) is 0 Å². The Labute approximate surface area is 239 Å². The van der Waals surface area contributed by atoms with Crippen LogP contribution in [0.2, 0.25) is 10.0 Å². The molecule has 4 aromatic rings. The van der Waals surface area contributed by atoms with Gasteiger partial charge >= 0.3 is 0 Å². The molecule has 7 heteroatoms. The second-order valence-electron chi connectivity index (χ2n) is 10.3. The number of rotatable bonds is 3. The quantitative estimate of drug-likeness (QED) is 0.190. The minimum absolute atomic E-state index is 0.252. The van der Waals surface area contributed by atoms with Crippen molar-refractivity contribution in [3.8, 4) is 0 Å². The molecule has 2 aliphatic heterocycles. The van der Waals surface area contributed by atoms with Crippen LogP contribution in [0, 0.1) is 11.2 Å². The molecule has 3 aliphatic rings. The van der Waals surface area contributed by atoms with Crippen LogP contribution in [0.25, 0.3) is 6.08 Å². The van der Waals surface area contributed by atoms with Crippen molar-refractivity contribution < 1.29 is 18.8 Å². The molecule has 0 saturated carbocycles. The summed E-state index contributed by atoms with van der Waals surface area (Å²) in [5.41, 5.74) is 1.28. The number of halogens is 3. The van der Waals surface area contributed by atoms with Gasteiger partial charge in [-0.1, -0.05) is 83.9 Å². The lowest BCUT2D eigenvalue weighted by Gasteiger charge is -2.37. The van der Waals surface area contributed by atoms with E-state index in [1.807, 2.05) is 41.3 Å². The summed E-state index contributed by atoms with van der Waals surface area (Å²) in [6.45, 7) is 0. The zero-order valence-electron chi connectivity index (χ0n) is 20.9. The maximum atomic E-state index is 14.6. The van der Waals surface area contributed by atoms with Gasteiger partial charge in [0, 0.05) is 38.3 Å². The van der Waals surface area contributed by atoms with E-state index < -0.39 is 29.2 Å². The molecular formula is C33H20Cl2FNO3. The molecule has 4 nitrogen and oxygen atoms in total. The van der Waals surface area contributed by atoms with Crippen LogP contribution in [0.1, 0.15) is 48.1 Å². The van der Waals surface area contributed by atoms with E-state index in [1.54, 1.807) is 42.5 Å². The van der Waals surface area contributed by atoms with Crippen LogP contribution in [0.3, 0.4) is 0 Å². The van der Waals surface area contributed by atoms with Crippen LogP contribution < -0.4 is 4.90 Å². The van der Waals surface area contributed by atoms with E-state index in [-0.39, 0.29) is 27.9 Å². The third kappa shape index (κ3) is 3.28. The number of para-hydroxylation sites is 1. The molecule has 0 aromatic heterocycles. The SMILES string of the molecule is O=C(c1ccc(F)cc1)[C@@H]1[C@H](c2ccc(Cl)cc2Cl)C2(C(=O)c3ccccc3C2=O)[C@H]2C=Cc3ccccc3N12. The zero-order chi connectivity index (χ0) is 27.8. The summed E-state index contributed by atoms with van der Waals surface area (Å²) < 4.78 is 13.9. The number of benzene rings is 4. The molecule has 1 spiro atoms. The van der Waals surface area contributed by atoms with E-state index in [1.165, 1.54) is 24.3 Å². The van der Waals surface area contributed by atoms with Crippen LogP contribution in [-0.4, -0.2) is 29.4 Å². The lowest BCUT2D eigenvalue weighted by molar-refractivity contribution is 0.0666. The second kappa shape index (κ2) is 8.98. The maximum Gasteiger partial charge on any atom is 0.185 e. The van der Waals surface area contributed by atoms with Crippen molar-refractivity contribution in [3.63, 3.8) is 0 Å². The Morgan fingerprint density at radius 2 is 1.48 bits per heavy atom. The van der Waals surface area contributed by atoms with Gasteiger partial charge in [-0.15, -0.1) is 0 Å². The molecule has 7 rings (SSSR count). The molecule has 3 atom stereocenters. The Hall–Kier alpha value is -4.06. The van der Waals surface area contributed by atoms with Gasteiger partial charge in [0.05, 0.1) is 6.04 Å². The van der Waals surface area contributed by atoms with Gasteiger partial charge in [-0.25, -0.2) is 4.39 Å². The van der Waals surface area contributed by atoms with Crippen LogP contribution in [0.15, 0.2) is 97.1 Å². The highest BCUT2D eigenvalue weighted by molar-refractivity contribution is 6.36. The molecular weight excluding hydrogens is 548 g/mol. The fourth-order valence-electron chi connectivity index (χ4n) is 6.80. The number of hydrogen-bond acceptors (Lipinski definition) is 4. The number of Topliss-reactive ketones (excluding diaryl/α,β-unsaturated/α-hetero) is 3. The average molecular weight is 568 g/mol. The van der Waals surface area contributed by atoms with Crippen molar-refractivity contribution in [1.82, 2.24) is 0 Å². The highest BCUT2D eigenvalue weighted by Crippen LogP contribution is 2.61. The van der Waals surface area contributed by atoms with Crippen molar-refractivity contribution in [2.24, 2.45) is 5.41 Å². The molecule has 196 valence electrons. The van der Waals surface area contributed by atoms with Gasteiger partial charge in [-0.05, 0) is 53.6 Å². The Balaban J connectivity index is 1.56. The monoisotopic (exact) mass is 567 g/mol. The zero-order valence-corrected chi connectivity index (χ0v) is 22.4. The highest BCUT2D eigenvalue weighted by Gasteiger charge is 2.71. The van der Waals surface area contributed by atoms with Crippen molar-refractivity contribution in [2.75, 3.05) is 4.90 Å². The Bertz CT molecular complexity index is 1750. The summed E-state index contributed by atoms with van der Waals surface area (Å²) in [4.78, 5) is 45.6. The van der Waals surface area contributed by atoms with Crippen LogP contribution in [-0.2, 0) is 0 Å². The molecule has 1 saturated heterocycles. The summed E-state index contributed by atoms with van der Waals surface area (Å²) in [5, 5.41) is 0.639. The molecule has 0 unspecified atom stereocenters. The topological polar surface area (TPSA) is 54.5 Å². The van der Waals surface area contributed by atoms with E-state index in [4.69, 9.17) is 23.2 Å². The lowest BCUT2D eigenvalue weighted by atomic mass is 9.64. The van der Waals surface area contributed by atoms with Crippen LogP contribution in [0.4, 0.5) is 10.1 Å². The van der Waals surface area contributed by atoms with Gasteiger partial charge in [0.2, 0.25) is 0 Å². The fourth-order valence-corrected chi connectivity index (χ4v) is 7.33. The summed E-state index contributed by atoms with van der Waals surface area (Å²) in [7, 11) is 0. The van der Waals surface area contributed by atoms with E-state index >= 15 is 0 Å². The minimum atomic E-state index is -1.68. The van der Waals surface area contributed by atoms with Crippen molar-refractivity contribution in [2.45, 2.75) is 18.0 Å². The number of nitrogens with zero attached hydrogens (tertiary/aromatic N) is 1. The third-order valence-corrected chi connectivity index (χ3v) is 8.97. The molecule has 1 fully saturated rings. The number of hydrogen-bond donors (Lipinski definition) is 0.